The number of aromatic nitrogens is 2. The molecular formula is C19H19N5O5S. The number of H-pyrrole nitrogens is 1. The van der Waals surface area contributed by atoms with E-state index in [9.17, 15) is 24.3 Å². The minimum Gasteiger partial charge on any atom is -0.480 e. The van der Waals surface area contributed by atoms with E-state index < -0.39 is 17.9 Å². The van der Waals surface area contributed by atoms with Crippen molar-refractivity contribution in [3.05, 3.63) is 53.6 Å². The van der Waals surface area contributed by atoms with E-state index in [1.54, 1.807) is 30.5 Å². The number of nitrogens with zero attached hydrogens (tertiary/aromatic N) is 2. The molecule has 0 aliphatic carbocycles. The molecule has 3 rings (SSSR count). The zero-order valence-electron chi connectivity index (χ0n) is 15.8. The first kappa shape index (κ1) is 21.1. The standard InChI is InChI=1S/C19H19N5O5S/c25-15(23-19(30)22-13(18(28)29)10-14-20-7-8-21-14)6-3-9-24-16(26)11-4-1-2-5-12(11)17(24)27/h1-2,4-5,7-8,13H,3,6,9-10H2,(H,20,21)(H,28,29)(H2,22,23,25,30). The minimum absolute atomic E-state index is 0.00511. The van der Waals surface area contributed by atoms with Gasteiger partial charge in [-0.05, 0) is 30.8 Å². The van der Waals surface area contributed by atoms with Crippen LogP contribution in [0.1, 0.15) is 39.4 Å². The van der Waals surface area contributed by atoms with Gasteiger partial charge in [0.2, 0.25) is 5.91 Å². The Bertz CT molecular complexity index is 956. The van der Waals surface area contributed by atoms with E-state index in [1.807, 2.05) is 0 Å². The lowest BCUT2D eigenvalue weighted by atomic mass is 10.1. The summed E-state index contributed by atoms with van der Waals surface area (Å²) in [7, 11) is 0. The summed E-state index contributed by atoms with van der Waals surface area (Å²) in [6.45, 7) is 0.0935. The molecule has 0 radical (unpaired) electrons. The molecule has 1 aliphatic rings. The van der Waals surface area contributed by atoms with Gasteiger partial charge in [-0.25, -0.2) is 9.78 Å². The van der Waals surface area contributed by atoms with Gasteiger partial charge in [0.25, 0.3) is 11.8 Å². The second kappa shape index (κ2) is 9.27. The van der Waals surface area contributed by atoms with Gasteiger partial charge in [-0.1, -0.05) is 12.1 Å². The maximum Gasteiger partial charge on any atom is 0.326 e. The van der Waals surface area contributed by atoms with Crippen molar-refractivity contribution >= 4 is 41.0 Å². The quantitative estimate of drug-likeness (QED) is 0.350. The molecule has 3 amide bonds. The van der Waals surface area contributed by atoms with Gasteiger partial charge < -0.3 is 20.7 Å². The average Bonchev–Trinajstić information content (AvgIpc) is 3.30. The highest BCUT2D eigenvalue weighted by Crippen LogP contribution is 2.22. The Morgan fingerprint density at radius 3 is 2.43 bits per heavy atom. The van der Waals surface area contributed by atoms with Crippen LogP contribution in [0.25, 0.3) is 0 Å². The third-order valence-electron chi connectivity index (χ3n) is 4.47. The molecule has 156 valence electrons. The molecule has 1 aliphatic heterocycles. The van der Waals surface area contributed by atoms with Crippen LogP contribution in [-0.2, 0) is 16.0 Å². The average molecular weight is 429 g/mol. The Labute approximate surface area is 176 Å². The number of imidazole rings is 1. The number of rotatable bonds is 8. The molecule has 0 saturated heterocycles. The van der Waals surface area contributed by atoms with Crippen LogP contribution in [0.15, 0.2) is 36.7 Å². The first-order valence-electron chi connectivity index (χ1n) is 9.13. The van der Waals surface area contributed by atoms with Crippen LogP contribution in [0, 0.1) is 0 Å². The highest BCUT2D eigenvalue weighted by Gasteiger charge is 2.34. The summed E-state index contributed by atoms with van der Waals surface area (Å²) >= 11 is 5.01. The number of aromatic amines is 1. The number of nitrogens with one attached hydrogen (secondary N) is 3. The monoisotopic (exact) mass is 429 g/mol. The van der Waals surface area contributed by atoms with Crippen molar-refractivity contribution in [2.24, 2.45) is 0 Å². The number of carboxylic acids is 1. The first-order chi connectivity index (χ1) is 14.4. The first-order valence-corrected chi connectivity index (χ1v) is 9.54. The topological polar surface area (TPSA) is 144 Å². The van der Waals surface area contributed by atoms with E-state index in [-0.39, 0.29) is 42.7 Å². The lowest BCUT2D eigenvalue weighted by Crippen LogP contribution is -2.48. The van der Waals surface area contributed by atoms with Crippen LogP contribution in [0.2, 0.25) is 0 Å². The summed E-state index contributed by atoms with van der Waals surface area (Å²) in [5.74, 6) is -1.89. The van der Waals surface area contributed by atoms with Crippen LogP contribution in [0.5, 0.6) is 0 Å². The van der Waals surface area contributed by atoms with E-state index in [4.69, 9.17) is 12.2 Å². The predicted octanol–water partition coefficient (Wildman–Crippen LogP) is 0.472. The second-order valence-corrected chi connectivity index (χ2v) is 6.97. The number of benzene rings is 1. The molecule has 11 heteroatoms. The normalized spacial score (nSPS) is 13.7. The van der Waals surface area contributed by atoms with Gasteiger partial charge in [-0.3, -0.25) is 19.3 Å². The highest BCUT2D eigenvalue weighted by atomic mass is 32.1. The summed E-state index contributed by atoms with van der Waals surface area (Å²) in [4.78, 5) is 55.9. The fraction of sp³-hybridized carbons (Fsp3) is 0.263. The predicted molar refractivity (Wildman–Crippen MR) is 109 cm³/mol. The molecule has 0 saturated carbocycles. The number of thiocarbonyl (C=S) groups is 1. The molecule has 1 aromatic carbocycles. The lowest BCUT2D eigenvalue weighted by Gasteiger charge is -2.16. The molecule has 0 spiro atoms. The summed E-state index contributed by atoms with van der Waals surface area (Å²) in [5.41, 5.74) is 0.710. The van der Waals surface area contributed by atoms with Crippen molar-refractivity contribution in [2.75, 3.05) is 6.54 Å². The molecule has 10 nitrogen and oxygen atoms in total. The van der Waals surface area contributed by atoms with Gasteiger partial charge in [0.1, 0.15) is 11.9 Å². The van der Waals surface area contributed by atoms with Crippen molar-refractivity contribution in [1.82, 2.24) is 25.5 Å². The second-order valence-electron chi connectivity index (χ2n) is 6.56. The maximum absolute atomic E-state index is 12.3. The zero-order valence-corrected chi connectivity index (χ0v) is 16.6. The highest BCUT2D eigenvalue weighted by molar-refractivity contribution is 7.80. The number of carboxylic acid groups (broad SMARTS) is 1. The third-order valence-corrected chi connectivity index (χ3v) is 4.69. The van der Waals surface area contributed by atoms with Crippen LogP contribution in [0.4, 0.5) is 0 Å². The summed E-state index contributed by atoms with van der Waals surface area (Å²) in [6, 6.07) is 5.49. The van der Waals surface area contributed by atoms with Crippen molar-refractivity contribution in [1.29, 1.82) is 0 Å². The fourth-order valence-corrected chi connectivity index (χ4v) is 3.28. The van der Waals surface area contributed by atoms with Crippen LogP contribution >= 0.6 is 12.2 Å². The Hall–Kier alpha value is -3.60. The number of aliphatic carboxylic acids is 1. The number of carbonyl (C=O) groups is 4. The number of hydrogen-bond donors (Lipinski definition) is 4. The SMILES string of the molecule is O=C(CCCN1C(=O)c2ccccc2C1=O)NC(=S)NC(Cc1ncc[nH]1)C(=O)O. The van der Waals surface area contributed by atoms with Crippen molar-refractivity contribution < 1.29 is 24.3 Å². The fourth-order valence-electron chi connectivity index (χ4n) is 3.03. The van der Waals surface area contributed by atoms with Gasteiger partial charge in [0.15, 0.2) is 5.11 Å². The lowest BCUT2D eigenvalue weighted by molar-refractivity contribution is -0.139. The molecule has 0 bridgehead atoms. The molecular weight excluding hydrogens is 410 g/mol. The molecule has 1 unspecified atom stereocenters. The summed E-state index contributed by atoms with van der Waals surface area (Å²) < 4.78 is 0. The van der Waals surface area contributed by atoms with Gasteiger partial charge >= 0.3 is 5.97 Å². The van der Waals surface area contributed by atoms with E-state index in [0.29, 0.717) is 17.0 Å². The maximum atomic E-state index is 12.3. The number of hydrogen-bond acceptors (Lipinski definition) is 6. The van der Waals surface area contributed by atoms with Gasteiger partial charge in [0.05, 0.1) is 11.1 Å². The van der Waals surface area contributed by atoms with E-state index in [2.05, 4.69) is 20.6 Å². The number of imide groups is 1. The Morgan fingerprint density at radius 1 is 1.20 bits per heavy atom. The van der Waals surface area contributed by atoms with Crippen LogP contribution in [-0.4, -0.2) is 61.4 Å². The van der Waals surface area contributed by atoms with E-state index in [1.165, 1.54) is 6.20 Å². The smallest absolute Gasteiger partial charge is 0.326 e. The molecule has 1 atom stereocenters. The third kappa shape index (κ3) is 4.87. The van der Waals surface area contributed by atoms with Crippen molar-refractivity contribution in [3.8, 4) is 0 Å². The molecule has 30 heavy (non-hydrogen) atoms. The van der Waals surface area contributed by atoms with Gasteiger partial charge in [0, 0.05) is 31.8 Å². The Balaban J connectivity index is 1.44. The largest absolute Gasteiger partial charge is 0.480 e. The van der Waals surface area contributed by atoms with Gasteiger partial charge in [-0.2, -0.15) is 0 Å². The van der Waals surface area contributed by atoms with Crippen LogP contribution < -0.4 is 10.6 Å². The van der Waals surface area contributed by atoms with E-state index in [0.717, 1.165) is 4.90 Å². The molecule has 2 aromatic rings. The summed E-state index contributed by atoms with van der Waals surface area (Å²) in [6.07, 6.45) is 3.38. The van der Waals surface area contributed by atoms with E-state index >= 15 is 0 Å². The minimum atomic E-state index is -1.14. The Kier molecular flexibility index (Phi) is 6.52. The number of fused-ring (bicyclic) bond motifs is 1. The summed E-state index contributed by atoms with van der Waals surface area (Å²) in [5, 5.41) is 14.1. The molecule has 4 N–H and O–H groups in total. The zero-order chi connectivity index (χ0) is 21.7. The molecule has 2 heterocycles. The number of amides is 3. The van der Waals surface area contributed by atoms with Crippen molar-refractivity contribution in [2.45, 2.75) is 25.3 Å². The number of carbonyl (C=O) groups excluding carboxylic acids is 3. The van der Waals surface area contributed by atoms with Gasteiger partial charge in [-0.15, -0.1) is 0 Å². The molecule has 1 aromatic heterocycles. The van der Waals surface area contributed by atoms with Crippen molar-refractivity contribution in [3.63, 3.8) is 0 Å². The van der Waals surface area contributed by atoms with Crippen LogP contribution in [0.3, 0.4) is 0 Å². The Morgan fingerprint density at radius 2 is 1.87 bits per heavy atom. The molecule has 0 fully saturated rings.